The van der Waals surface area contributed by atoms with Crippen molar-refractivity contribution >= 4 is 11.6 Å². The van der Waals surface area contributed by atoms with Gasteiger partial charge in [-0.2, -0.15) is 0 Å². The van der Waals surface area contributed by atoms with Crippen molar-refractivity contribution in [1.82, 2.24) is 0 Å². The van der Waals surface area contributed by atoms with E-state index in [1.54, 1.807) is 0 Å². The Morgan fingerprint density at radius 2 is 1.75 bits per heavy atom. The average Bonchev–Trinajstić information content (AvgIpc) is 2.01. The maximum absolute atomic E-state index is 5.72. The van der Waals surface area contributed by atoms with Crippen LogP contribution in [0.3, 0.4) is 0 Å². The Bertz CT molecular complexity index is 264. The SMILES string of the molecule is CC1OC(c2ccc(Cl)cc2)O1. The molecule has 1 aromatic carbocycles. The van der Waals surface area contributed by atoms with Gasteiger partial charge in [-0.1, -0.05) is 23.7 Å². The summed E-state index contributed by atoms with van der Waals surface area (Å²) < 4.78 is 10.6. The Morgan fingerprint density at radius 3 is 2.25 bits per heavy atom. The maximum atomic E-state index is 5.72. The van der Waals surface area contributed by atoms with Crippen LogP contribution in [0.15, 0.2) is 24.3 Å². The van der Waals surface area contributed by atoms with Crippen molar-refractivity contribution in [2.45, 2.75) is 19.5 Å². The standard InChI is InChI=1S/C9H9ClO2/c1-6-11-9(12-6)7-2-4-8(10)5-3-7/h2-6,9H,1H3. The highest BCUT2D eigenvalue weighted by molar-refractivity contribution is 6.30. The third kappa shape index (κ3) is 1.46. The quantitative estimate of drug-likeness (QED) is 0.668. The molecule has 2 rings (SSSR count). The molecule has 0 saturated carbocycles. The smallest absolute Gasteiger partial charge is 0.189 e. The summed E-state index contributed by atoms with van der Waals surface area (Å²) in [5, 5.41) is 0.728. The molecule has 1 heterocycles. The Morgan fingerprint density at radius 1 is 1.17 bits per heavy atom. The Balaban J connectivity index is 2.09. The summed E-state index contributed by atoms with van der Waals surface area (Å²) in [6.07, 6.45) is -0.275. The maximum Gasteiger partial charge on any atom is 0.189 e. The molecule has 0 radical (unpaired) electrons. The number of hydrogen-bond acceptors (Lipinski definition) is 2. The molecule has 64 valence electrons. The first-order chi connectivity index (χ1) is 5.75. The van der Waals surface area contributed by atoms with E-state index in [9.17, 15) is 0 Å². The molecule has 0 aromatic heterocycles. The summed E-state index contributed by atoms with van der Waals surface area (Å²) in [5.41, 5.74) is 1.01. The first-order valence-electron chi connectivity index (χ1n) is 3.82. The minimum Gasteiger partial charge on any atom is -0.320 e. The van der Waals surface area contributed by atoms with E-state index in [1.165, 1.54) is 0 Å². The summed E-state index contributed by atoms with van der Waals surface area (Å²) in [4.78, 5) is 0. The van der Waals surface area contributed by atoms with E-state index in [0.29, 0.717) is 0 Å². The zero-order valence-electron chi connectivity index (χ0n) is 6.66. The van der Waals surface area contributed by atoms with Gasteiger partial charge >= 0.3 is 0 Å². The van der Waals surface area contributed by atoms with Gasteiger partial charge in [0.15, 0.2) is 12.6 Å². The zero-order valence-corrected chi connectivity index (χ0v) is 7.41. The molecule has 1 fully saturated rings. The number of halogens is 1. The predicted molar refractivity (Wildman–Crippen MR) is 45.8 cm³/mol. The lowest BCUT2D eigenvalue weighted by Crippen LogP contribution is -2.31. The first kappa shape index (κ1) is 8.05. The second kappa shape index (κ2) is 3.05. The van der Waals surface area contributed by atoms with Gasteiger partial charge in [-0.25, -0.2) is 0 Å². The Labute approximate surface area is 76.1 Å². The van der Waals surface area contributed by atoms with Crippen LogP contribution in [0.5, 0.6) is 0 Å². The summed E-state index contributed by atoms with van der Waals surface area (Å²) in [6.45, 7) is 1.87. The number of benzene rings is 1. The molecule has 0 aliphatic carbocycles. The summed E-state index contributed by atoms with van der Waals surface area (Å²) in [6, 6.07) is 7.46. The fourth-order valence-electron chi connectivity index (χ4n) is 1.14. The van der Waals surface area contributed by atoms with Crippen LogP contribution >= 0.6 is 11.6 Å². The van der Waals surface area contributed by atoms with Crippen molar-refractivity contribution in [3.63, 3.8) is 0 Å². The van der Waals surface area contributed by atoms with Crippen LogP contribution in [0.4, 0.5) is 0 Å². The zero-order chi connectivity index (χ0) is 8.55. The molecule has 1 aliphatic rings. The highest BCUT2D eigenvalue weighted by Gasteiger charge is 2.27. The minimum atomic E-state index is -0.197. The third-order valence-electron chi connectivity index (χ3n) is 1.77. The van der Waals surface area contributed by atoms with Crippen molar-refractivity contribution in [2.24, 2.45) is 0 Å². The van der Waals surface area contributed by atoms with Crippen LogP contribution < -0.4 is 0 Å². The van der Waals surface area contributed by atoms with Crippen LogP contribution in [-0.4, -0.2) is 6.29 Å². The predicted octanol–water partition coefficient (Wildman–Crippen LogP) is 2.73. The lowest BCUT2D eigenvalue weighted by molar-refractivity contribution is -0.382. The molecule has 2 nitrogen and oxygen atoms in total. The highest BCUT2D eigenvalue weighted by Crippen LogP contribution is 2.31. The second-order valence-electron chi connectivity index (χ2n) is 2.72. The topological polar surface area (TPSA) is 18.5 Å². The summed E-state index contributed by atoms with van der Waals surface area (Å²) in [7, 11) is 0. The Hall–Kier alpha value is -0.570. The van der Waals surface area contributed by atoms with Crippen molar-refractivity contribution in [1.29, 1.82) is 0 Å². The molecule has 0 bridgehead atoms. The van der Waals surface area contributed by atoms with Crippen molar-refractivity contribution in [3.8, 4) is 0 Å². The van der Waals surface area contributed by atoms with Crippen LogP contribution in [0.1, 0.15) is 18.8 Å². The Kier molecular flexibility index (Phi) is 2.05. The van der Waals surface area contributed by atoms with Gasteiger partial charge < -0.3 is 9.47 Å². The fraction of sp³-hybridized carbons (Fsp3) is 0.333. The van der Waals surface area contributed by atoms with E-state index in [-0.39, 0.29) is 12.6 Å². The van der Waals surface area contributed by atoms with Gasteiger partial charge in [0.2, 0.25) is 0 Å². The number of ether oxygens (including phenoxy) is 2. The fourth-order valence-corrected chi connectivity index (χ4v) is 1.26. The molecule has 0 spiro atoms. The molecule has 3 heteroatoms. The van der Waals surface area contributed by atoms with E-state index in [1.807, 2.05) is 31.2 Å². The van der Waals surface area contributed by atoms with Gasteiger partial charge in [0.05, 0.1) is 0 Å². The monoisotopic (exact) mass is 184 g/mol. The van der Waals surface area contributed by atoms with Gasteiger partial charge in [0.25, 0.3) is 0 Å². The lowest BCUT2D eigenvalue weighted by Gasteiger charge is -2.33. The molecular formula is C9H9ClO2. The van der Waals surface area contributed by atoms with E-state index in [0.717, 1.165) is 10.6 Å². The molecule has 0 atom stereocenters. The normalized spacial score (nSPS) is 28.2. The molecule has 0 unspecified atom stereocenters. The molecular weight excluding hydrogens is 176 g/mol. The average molecular weight is 185 g/mol. The summed E-state index contributed by atoms with van der Waals surface area (Å²) in [5.74, 6) is 0. The van der Waals surface area contributed by atoms with Crippen LogP contribution in [0.25, 0.3) is 0 Å². The van der Waals surface area contributed by atoms with Crippen LogP contribution in [0.2, 0.25) is 5.02 Å². The largest absolute Gasteiger partial charge is 0.320 e. The molecule has 1 aromatic rings. The molecule has 12 heavy (non-hydrogen) atoms. The third-order valence-corrected chi connectivity index (χ3v) is 2.02. The molecule has 1 saturated heterocycles. The van der Waals surface area contributed by atoms with E-state index in [4.69, 9.17) is 21.1 Å². The van der Waals surface area contributed by atoms with E-state index >= 15 is 0 Å². The van der Waals surface area contributed by atoms with E-state index in [2.05, 4.69) is 0 Å². The summed E-state index contributed by atoms with van der Waals surface area (Å²) >= 11 is 5.72. The first-order valence-corrected chi connectivity index (χ1v) is 4.20. The number of hydrogen-bond donors (Lipinski definition) is 0. The highest BCUT2D eigenvalue weighted by atomic mass is 35.5. The van der Waals surface area contributed by atoms with Gasteiger partial charge in [-0.15, -0.1) is 0 Å². The minimum absolute atomic E-state index is 0.0781. The van der Waals surface area contributed by atoms with E-state index < -0.39 is 0 Å². The molecule has 1 aliphatic heterocycles. The van der Waals surface area contributed by atoms with Gasteiger partial charge in [0, 0.05) is 10.6 Å². The van der Waals surface area contributed by atoms with Crippen LogP contribution in [-0.2, 0) is 9.47 Å². The van der Waals surface area contributed by atoms with Gasteiger partial charge in [0.1, 0.15) is 0 Å². The van der Waals surface area contributed by atoms with Crippen molar-refractivity contribution in [2.75, 3.05) is 0 Å². The second-order valence-corrected chi connectivity index (χ2v) is 3.16. The van der Waals surface area contributed by atoms with Gasteiger partial charge in [-0.3, -0.25) is 0 Å². The van der Waals surface area contributed by atoms with Gasteiger partial charge in [-0.05, 0) is 19.1 Å². The molecule has 0 N–H and O–H groups in total. The van der Waals surface area contributed by atoms with Crippen molar-refractivity contribution < 1.29 is 9.47 Å². The van der Waals surface area contributed by atoms with Crippen molar-refractivity contribution in [3.05, 3.63) is 34.9 Å². The number of rotatable bonds is 1. The lowest BCUT2D eigenvalue weighted by atomic mass is 10.2. The molecule has 0 amide bonds. The van der Waals surface area contributed by atoms with Crippen LogP contribution in [0, 0.1) is 0 Å².